The molecule has 0 saturated carbocycles. The molecular weight excluding hydrogens is 426 g/mol. The molecular formula is C12H10I2Si. The van der Waals surface area contributed by atoms with Crippen molar-refractivity contribution in [1.29, 1.82) is 0 Å². The van der Waals surface area contributed by atoms with E-state index in [2.05, 4.69) is 104 Å². The zero-order chi connectivity index (χ0) is 10.7. The Bertz CT molecular complexity index is 384. The highest BCUT2D eigenvalue weighted by atomic mass is 127. The quantitative estimate of drug-likeness (QED) is 0.386. The highest BCUT2D eigenvalue weighted by Crippen LogP contribution is 2.21. The SMILES string of the molecule is I[Si](I)(c1ccccc1)c1ccccc1. The highest BCUT2D eigenvalue weighted by Gasteiger charge is 2.30. The molecule has 0 N–H and O–H groups in total. The number of rotatable bonds is 2. The molecule has 0 unspecified atom stereocenters. The molecule has 3 heteroatoms. The van der Waals surface area contributed by atoms with Gasteiger partial charge in [-0.15, -0.1) is 0 Å². The van der Waals surface area contributed by atoms with Crippen LogP contribution in [-0.2, 0) is 0 Å². The average molecular weight is 436 g/mol. The van der Waals surface area contributed by atoms with E-state index in [9.17, 15) is 0 Å². The van der Waals surface area contributed by atoms with Crippen LogP contribution in [0.3, 0.4) is 0 Å². The van der Waals surface area contributed by atoms with Gasteiger partial charge >= 0.3 is 0 Å². The fourth-order valence-corrected chi connectivity index (χ4v) is 7.33. The molecule has 0 atom stereocenters. The molecule has 15 heavy (non-hydrogen) atoms. The largest absolute Gasteiger partial charge is 0.250 e. The van der Waals surface area contributed by atoms with Crippen LogP contribution in [0.15, 0.2) is 60.7 Å². The first-order valence-electron chi connectivity index (χ1n) is 4.70. The van der Waals surface area contributed by atoms with Crippen LogP contribution in [0, 0.1) is 0 Å². The number of hydrogen-bond donors (Lipinski definition) is 0. The smallest absolute Gasteiger partial charge is 0.0923 e. The summed E-state index contributed by atoms with van der Waals surface area (Å²) in [5.41, 5.74) is 0. The van der Waals surface area contributed by atoms with Gasteiger partial charge in [-0.3, -0.25) is 0 Å². The molecule has 0 spiro atoms. The van der Waals surface area contributed by atoms with Crippen LogP contribution in [0.1, 0.15) is 0 Å². The molecule has 0 saturated heterocycles. The second-order valence-electron chi connectivity index (χ2n) is 3.31. The minimum absolute atomic E-state index is 1.47. The molecule has 0 amide bonds. The molecule has 2 aromatic rings. The summed E-state index contributed by atoms with van der Waals surface area (Å²) in [6.45, 7) is 0. The Balaban J connectivity index is 2.44. The van der Waals surface area contributed by atoms with E-state index in [1.165, 1.54) is 10.4 Å². The van der Waals surface area contributed by atoms with Crippen molar-refractivity contribution in [2.24, 2.45) is 0 Å². The molecule has 2 rings (SSSR count). The summed E-state index contributed by atoms with van der Waals surface area (Å²) >= 11 is 5.27. The minimum Gasteiger partial charge on any atom is -0.0923 e. The van der Waals surface area contributed by atoms with Crippen LogP contribution in [0.5, 0.6) is 0 Å². The third-order valence-electron chi connectivity index (χ3n) is 2.27. The van der Waals surface area contributed by atoms with E-state index < -0.39 is 3.07 Å². The van der Waals surface area contributed by atoms with Gasteiger partial charge in [-0.25, -0.2) is 0 Å². The van der Waals surface area contributed by atoms with Crippen molar-refractivity contribution in [2.45, 2.75) is 0 Å². The predicted octanol–water partition coefficient (Wildman–Crippen LogP) is 3.11. The van der Waals surface area contributed by atoms with Gasteiger partial charge in [0.15, 0.2) is 0 Å². The van der Waals surface area contributed by atoms with Gasteiger partial charge in [-0.05, 0) is 10.4 Å². The first-order valence-corrected chi connectivity index (χ1v) is 12.9. The monoisotopic (exact) mass is 436 g/mol. The van der Waals surface area contributed by atoms with E-state index in [0.717, 1.165) is 0 Å². The molecule has 0 nitrogen and oxygen atoms in total. The van der Waals surface area contributed by atoms with Crippen molar-refractivity contribution < 1.29 is 0 Å². The Morgan fingerprint density at radius 3 is 1.27 bits per heavy atom. The Morgan fingerprint density at radius 2 is 0.933 bits per heavy atom. The molecule has 76 valence electrons. The fourth-order valence-electron chi connectivity index (χ4n) is 1.46. The van der Waals surface area contributed by atoms with Crippen molar-refractivity contribution in [3.63, 3.8) is 0 Å². The summed E-state index contributed by atoms with van der Waals surface area (Å²) in [5, 5.41) is 2.94. The summed E-state index contributed by atoms with van der Waals surface area (Å²) < 4.78 is -1.52. The van der Waals surface area contributed by atoms with Crippen LogP contribution < -0.4 is 10.4 Å². The Hall–Kier alpha value is 0.117. The molecule has 0 aromatic heterocycles. The number of hydrogen-bond acceptors (Lipinski definition) is 0. The fraction of sp³-hybridized carbons (Fsp3) is 0. The summed E-state index contributed by atoms with van der Waals surface area (Å²) in [4.78, 5) is 0. The lowest BCUT2D eigenvalue weighted by atomic mass is 10.4. The van der Waals surface area contributed by atoms with Crippen molar-refractivity contribution in [3.8, 4) is 0 Å². The second kappa shape index (κ2) is 4.97. The van der Waals surface area contributed by atoms with E-state index in [1.54, 1.807) is 0 Å². The maximum Gasteiger partial charge on any atom is 0.250 e. The van der Waals surface area contributed by atoms with Crippen molar-refractivity contribution >= 4 is 57.0 Å². The van der Waals surface area contributed by atoms with E-state index in [4.69, 9.17) is 0 Å². The number of benzene rings is 2. The van der Waals surface area contributed by atoms with Crippen LogP contribution in [-0.4, -0.2) is 3.07 Å². The first-order chi connectivity index (χ1) is 7.21. The zero-order valence-corrected chi connectivity index (χ0v) is 13.3. The topological polar surface area (TPSA) is 0 Å². The standard InChI is InChI=1S/C12H10I2Si/c13-15(14,11-7-3-1-4-8-11)12-9-5-2-6-10-12/h1-10H. The van der Waals surface area contributed by atoms with Crippen molar-refractivity contribution in [2.75, 3.05) is 0 Å². The van der Waals surface area contributed by atoms with Crippen molar-refractivity contribution in [3.05, 3.63) is 60.7 Å². The predicted molar refractivity (Wildman–Crippen MR) is 85.9 cm³/mol. The van der Waals surface area contributed by atoms with Gasteiger partial charge in [0.05, 0.1) is 0 Å². The summed E-state index contributed by atoms with van der Waals surface area (Å²) in [7, 11) is 0. The van der Waals surface area contributed by atoms with E-state index in [-0.39, 0.29) is 0 Å². The second-order valence-corrected chi connectivity index (χ2v) is 21.5. The maximum atomic E-state index is 2.63. The average Bonchev–Trinajstić information content (AvgIpc) is 2.31. The highest BCUT2D eigenvalue weighted by molar-refractivity contribution is 14.3. The molecule has 2 aromatic carbocycles. The minimum atomic E-state index is -1.52. The number of halogens is 2. The van der Waals surface area contributed by atoms with Crippen LogP contribution in [0.2, 0.25) is 0 Å². The van der Waals surface area contributed by atoms with Crippen molar-refractivity contribution in [1.82, 2.24) is 0 Å². The molecule has 0 aliphatic rings. The third-order valence-corrected chi connectivity index (χ3v) is 11.9. The first kappa shape index (κ1) is 11.6. The lowest BCUT2D eigenvalue weighted by molar-refractivity contribution is 1.74. The van der Waals surface area contributed by atoms with Gasteiger partial charge in [-0.1, -0.05) is 104 Å². The molecule has 0 radical (unpaired) electrons. The Morgan fingerprint density at radius 1 is 0.600 bits per heavy atom. The van der Waals surface area contributed by atoms with Gasteiger partial charge in [-0.2, -0.15) is 0 Å². The molecule has 0 fully saturated rings. The molecule has 0 heterocycles. The van der Waals surface area contributed by atoms with Crippen LogP contribution in [0.4, 0.5) is 0 Å². The lowest BCUT2D eigenvalue weighted by Crippen LogP contribution is -2.46. The maximum absolute atomic E-state index is 2.63. The molecule has 0 aliphatic carbocycles. The third kappa shape index (κ3) is 2.62. The Kier molecular flexibility index (Phi) is 3.84. The summed E-state index contributed by atoms with van der Waals surface area (Å²) in [6, 6.07) is 21.6. The molecule has 0 bridgehead atoms. The van der Waals surface area contributed by atoms with E-state index >= 15 is 0 Å². The summed E-state index contributed by atoms with van der Waals surface area (Å²) in [5.74, 6) is 0. The van der Waals surface area contributed by atoms with Crippen LogP contribution >= 0.6 is 43.6 Å². The zero-order valence-electron chi connectivity index (χ0n) is 8.03. The normalized spacial score (nSPS) is 11.3. The van der Waals surface area contributed by atoms with E-state index in [1.807, 2.05) is 0 Å². The van der Waals surface area contributed by atoms with Gasteiger partial charge in [0.1, 0.15) is 0 Å². The Labute approximate surface area is 117 Å². The van der Waals surface area contributed by atoms with Gasteiger partial charge < -0.3 is 0 Å². The van der Waals surface area contributed by atoms with Gasteiger partial charge in [0.2, 0.25) is 0 Å². The van der Waals surface area contributed by atoms with Gasteiger partial charge in [0, 0.05) is 0 Å². The lowest BCUT2D eigenvalue weighted by Gasteiger charge is -2.18. The van der Waals surface area contributed by atoms with Crippen LogP contribution in [0.25, 0.3) is 0 Å². The van der Waals surface area contributed by atoms with E-state index in [0.29, 0.717) is 0 Å². The van der Waals surface area contributed by atoms with Gasteiger partial charge in [0.25, 0.3) is 3.07 Å². The molecule has 0 aliphatic heterocycles. The summed E-state index contributed by atoms with van der Waals surface area (Å²) in [6.07, 6.45) is 0.